The second-order valence-electron chi connectivity index (χ2n) is 6.47. The molecular formula is C21H25ClN3O2S+. The van der Waals surface area contributed by atoms with Gasteiger partial charge in [0.25, 0.3) is 5.91 Å². The lowest BCUT2D eigenvalue weighted by Crippen LogP contribution is -3.12. The number of anilines is 1. The summed E-state index contributed by atoms with van der Waals surface area (Å²) in [5, 5.41) is 1.13. The molecule has 0 spiro atoms. The summed E-state index contributed by atoms with van der Waals surface area (Å²) in [5.74, 6) is 0.655. The van der Waals surface area contributed by atoms with Gasteiger partial charge in [-0.05, 0) is 44.2 Å². The summed E-state index contributed by atoms with van der Waals surface area (Å²) >= 11 is 7.79. The summed E-state index contributed by atoms with van der Waals surface area (Å²) in [5.41, 5.74) is 1.35. The van der Waals surface area contributed by atoms with Gasteiger partial charge in [-0.1, -0.05) is 35.1 Å². The van der Waals surface area contributed by atoms with Crippen LogP contribution < -0.4 is 14.5 Å². The number of thiazole rings is 1. The Balaban J connectivity index is 1.97. The second kappa shape index (κ2) is 9.37. The van der Waals surface area contributed by atoms with Gasteiger partial charge in [0.05, 0.1) is 54.1 Å². The van der Waals surface area contributed by atoms with E-state index in [1.807, 2.05) is 30.3 Å². The Morgan fingerprint density at radius 2 is 1.96 bits per heavy atom. The van der Waals surface area contributed by atoms with E-state index in [4.69, 9.17) is 21.3 Å². The Hall–Kier alpha value is -2.15. The lowest BCUT2D eigenvalue weighted by Gasteiger charge is -2.23. The predicted molar refractivity (Wildman–Crippen MR) is 116 cm³/mol. The van der Waals surface area contributed by atoms with Crippen LogP contribution in [0.25, 0.3) is 10.2 Å². The van der Waals surface area contributed by atoms with Crippen molar-refractivity contribution in [2.24, 2.45) is 0 Å². The molecular weight excluding hydrogens is 394 g/mol. The number of fused-ring (bicyclic) bond motifs is 1. The first kappa shape index (κ1) is 20.6. The van der Waals surface area contributed by atoms with Gasteiger partial charge in [0.15, 0.2) is 5.13 Å². The fourth-order valence-electron chi connectivity index (χ4n) is 3.07. The van der Waals surface area contributed by atoms with Crippen LogP contribution in [0.15, 0.2) is 42.5 Å². The van der Waals surface area contributed by atoms with E-state index in [2.05, 4.69) is 13.8 Å². The first-order valence-corrected chi connectivity index (χ1v) is 10.6. The Bertz CT molecular complexity index is 956. The molecule has 7 heteroatoms. The van der Waals surface area contributed by atoms with Crippen LogP contribution in [-0.4, -0.2) is 44.2 Å². The third-order valence-corrected chi connectivity index (χ3v) is 6.22. The number of quaternary nitrogens is 1. The maximum Gasteiger partial charge on any atom is 0.261 e. The highest BCUT2D eigenvalue weighted by molar-refractivity contribution is 7.22. The van der Waals surface area contributed by atoms with Crippen LogP contribution in [0.3, 0.4) is 0 Å². The summed E-state index contributed by atoms with van der Waals surface area (Å²) in [6, 6.07) is 12.9. The number of carbonyl (C=O) groups excluding carboxylic acids is 1. The standard InChI is InChI=1S/C21H24ClN3O2S/c1-4-24(5-2)12-13-25(20(26)16-8-6-7-9-17(16)22)21-23-18-11-10-15(27-3)14-19(18)28-21/h6-11,14H,4-5,12-13H2,1-3H3/p+1. The predicted octanol–water partition coefficient (Wildman–Crippen LogP) is 3.53. The minimum atomic E-state index is -0.122. The van der Waals surface area contributed by atoms with Gasteiger partial charge in [0.2, 0.25) is 0 Å². The molecule has 0 bridgehead atoms. The third kappa shape index (κ3) is 4.46. The first-order chi connectivity index (χ1) is 13.6. The van der Waals surface area contributed by atoms with Crippen molar-refractivity contribution in [1.29, 1.82) is 0 Å². The minimum Gasteiger partial charge on any atom is -0.497 e. The Morgan fingerprint density at radius 3 is 2.64 bits per heavy atom. The summed E-state index contributed by atoms with van der Waals surface area (Å²) in [6.45, 7) is 7.77. The van der Waals surface area contributed by atoms with E-state index >= 15 is 0 Å². The van der Waals surface area contributed by atoms with Crippen LogP contribution in [0, 0.1) is 0 Å². The number of hydrogen-bond donors (Lipinski definition) is 1. The van der Waals surface area contributed by atoms with Crippen LogP contribution in [0.4, 0.5) is 5.13 Å². The molecule has 1 amide bonds. The van der Waals surface area contributed by atoms with Gasteiger partial charge >= 0.3 is 0 Å². The van der Waals surface area contributed by atoms with Crippen molar-refractivity contribution in [3.05, 3.63) is 53.1 Å². The molecule has 0 saturated heterocycles. The van der Waals surface area contributed by atoms with E-state index in [1.54, 1.807) is 24.1 Å². The molecule has 1 aromatic heterocycles. The molecule has 0 aliphatic heterocycles. The molecule has 0 aliphatic rings. The molecule has 3 aromatic rings. The number of likely N-dealkylation sites (N-methyl/N-ethyl adjacent to an activating group) is 1. The number of amides is 1. The van der Waals surface area contributed by atoms with Gasteiger partial charge in [-0.25, -0.2) is 4.98 Å². The zero-order valence-corrected chi connectivity index (χ0v) is 17.9. The monoisotopic (exact) mass is 418 g/mol. The van der Waals surface area contributed by atoms with E-state index in [0.29, 0.717) is 22.3 Å². The second-order valence-corrected chi connectivity index (χ2v) is 7.89. The van der Waals surface area contributed by atoms with Gasteiger partial charge in [-0.2, -0.15) is 0 Å². The van der Waals surface area contributed by atoms with Crippen molar-refractivity contribution in [2.75, 3.05) is 38.2 Å². The van der Waals surface area contributed by atoms with Crippen LogP contribution in [0.2, 0.25) is 5.02 Å². The molecule has 1 N–H and O–H groups in total. The fourth-order valence-corrected chi connectivity index (χ4v) is 4.31. The quantitative estimate of drug-likeness (QED) is 0.608. The van der Waals surface area contributed by atoms with Crippen molar-refractivity contribution in [3.8, 4) is 5.75 Å². The van der Waals surface area contributed by atoms with Crippen LogP contribution >= 0.6 is 22.9 Å². The normalized spacial score (nSPS) is 11.2. The molecule has 2 aromatic carbocycles. The summed E-state index contributed by atoms with van der Waals surface area (Å²) in [7, 11) is 1.64. The Labute approximate surface area is 174 Å². The van der Waals surface area contributed by atoms with E-state index in [9.17, 15) is 4.79 Å². The van der Waals surface area contributed by atoms with Crippen LogP contribution in [0.5, 0.6) is 5.75 Å². The summed E-state index contributed by atoms with van der Waals surface area (Å²) in [4.78, 5) is 21.2. The zero-order valence-electron chi connectivity index (χ0n) is 16.4. The van der Waals surface area contributed by atoms with Gasteiger partial charge < -0.3 is 9.64 Å². The molecule has 0 unspecified atom stereocenters. The Kier molecular flexibility index (Phi) is 6.88. The maximum atomic E-state index is 13.3. The molecule has 0 radical (unpaired) electrons. The van der Waals surface area contributed by atoms with Crippen molar-refractivity contribution in [2.45, 2.75) is 13.8 Å². The molecule has 0 fully saturated rings. The highest BCUT2D eigenvalue weighted by atomic mass is 35.5. The van der Waals surface area contributed by atoms with E-state index in [0.717, 1.165) is 35.6 Å². The lowest BCUT2D eigenvalue weighted by atomic mass is 10.2. The number of hydrogen-bond acceptors (Lipinski definition) is 4. The van der Waals surface area contributed by atoms with Crippen molar-refractivity contribution in [3.63, 3.8) is 0 Å². The first-order valence-electron chi connectivity index (χ1n) is 9.41. The average molecular weight is 419 g/mol. The number of aromatic nitrogens is 1. The van der Waals surface area contributed by atoms with Crippen molar-refractivity contribution in [1.82, 2.24) is 4.98 Å². The number of benzene rings is 2. The van der Waals surface area contributed by atoms with Crippen molar-refractivity contribution < 1.29 is 14.4 Å². The summed E-state index contributed by atoms with van der Waals surface area (Å²) in [6.07, 6.45) is 0. The van der Waals surface area contributed by atoms with Gasteiger partial charge in [-0.3, -0.25) is 9.69 Å². The van der Waals surface area contributed by atoms with Crippen LogP contribution in [0.1, 0.15) is 24.2 Å². The SMILES string of the molecule is CC[NH+](CC)CCN(C(=O)c1ccccc1Cl)c1nc2ccc(OC)cc2s1. The Morgan fingerprint density at radius 1 is 1.21 bits per heavy atom. The number of methoxy groups -OCH3 is 1. The maximum absolute atomic E-state index is 13.3. The highest BCUT2D eigenvalue weighted by Gasteiger charge is 2.24. The fraction of sp³-hybridized carbons (Fsp3) is 0.333. The van der Waals surface area contributed by atoms with E-state index in [-0.39, 0.29) is 5.91 Å². The minimum absolute atomic E-state index is 0.122. The molecule has 0 aliphatic carbocycles. The van der Waals surface area contributed by atoms with E-state index < -0.39 is 0 Å². The molecule has 3 rings (SSSR count). The number of nitrogens with one attached hydrogen (secondary N) is 1. The smallest absolute Gasteiger partial charge is 0.261 e. The number of ether oxygens (including phenoxy) is 1. The number of rotatable bonds is 8. The van der Waals surface area contributed by atoms with Crippen LogP contribution in [-0.2, 0) is 0 Å². The number of nitrogens with zero attached hydrogens (tertiary/aromatic N) is 2. The largest absolute Gasteiger partial charge is 0.497 e. The average Bonchev–Trinajstić information content (AvgIpc) is 3.14. The lowest BCUT2D eigenvalue weighted by molar-refractivity contribution is -0.894. The molecule has 28 heavy (non-hydrogen) atoms. The number of carbonyl (C=O) groups is 1. The molecule has 1 heterocycles. The molecule has 5 nitrogen and oxygen atoms in total. The molecule has 0 atom stereocenters. The molecule has 0 saturated carbocycles. The highest BCUT2D eigenvalue weighted by Crippen LogP contribution is 2.32. The third-order valence-electron chi connectivity index (χ3n) is 4.85. The number of halogens is 1. The van der Waals surface area contributed by atoms with Gasteiger partial charge in [-0.15, -0.1) is 0 Å². The zero-order chi connectivity index (χ0) is 20.1. The van der Waals surface area contributed by atoms with Gasteiger partial charge in [0.1, 0.15) is 5.75 Å². The van der Waals surface area contributed by atoms with Crippen molar-refractivity contribution >= 4 is 44.2 Å². The molecule has 148 valence electrons. The van der Waals surface area contributed by atoms with E-state index in [1.165, 1.54) is 16.2 Å². The van der Waals surface area contributed by atoms with Gasteiger partial charge in [0, 0.05) is 0 Å². The topological polar surface area (TPSA) is 46.9 Å². The summed E-state index contributed by atoms with van der Waals surface area (Å²) < 4.78 is 6.30.